The minimum Gasteiger partial charge on any atom is -0.355 e. The number of rotatable bonds is 10. The Morgan fingerprint density at radius 3 is 2.16 bits per heavy atom. The maximum atomic E-state index is 13.8. The fourth-order valence-corrected chi connectivity index (χ4v) is 5.61. The van der Waals surface area contributed by atoms with Gasteiger partial charge < -0.3 is 10.2 Å². The molecule has 0 heterocycles. The lowest BCUT2D eigenvalue weighted by Crippen LogP contribution is -2.51. The van der Waals surface area contributed by atoms with Crippen LogP contribution in [0.4, 0.5) is 5.69 Å². The number of halogens is 3. The minimum absolute atomic E-state index is 0.0279. The summed E-state index contributed by atoms with van der Waals surface area (Å²) >= 11 is 18.5. The van der Waals surface area contributed by atoms with Crippen molar-refractivity contribution in [2.45, 2.75) is 31.3 Å². The van der Waals surface area contributed by atoms with Gasteiger partial charge >= 0.3 is 0 Å². The third-order valence-electron chi connectivity index (χ3n) is 5.57. The molecule has 37 heavy (non-hydrogen) atoms. The van der Waals surface area contributed by atoms with E-state index in [-0.39, 0.29) is 33.1 Å². The van der Waals surface area contributed by atoms with Crippen LogP contribution < -0.4 is 9.62 Å². The van der Waals surface area contributed by atoms with Crippen molar-refractivity contribution < 1.29 is 18.0 Å². The third kappa shape index (κ3) is 7.17. The van der Waals surface area contributed by atoms with E-state index >= 15 is 0 Å². The Bertz CT molecular complexity index is 1350. The summed E-state index contributed by atoms with van der Waals surface area (Å²) in [6, 6.07) is 18.0. The second kappa shape index (κ2) is 12.6. The summed E-state index contributed by atoms with van der Waals surface area (Å²) in [5.74, 6) is -0.979. The Balaban J connectivity index is 2.05. The van der Waals surface area contributed by atoms with Crippen molar-refractivity contribution >= 4 is 62.3 Å². The smallest absolute Gasteiger partial charge is 0.264 e. The predicted molar refractivity (Wildman–Crippen MR) is 148 cm³/mol. The molecule has 0 spiro atoms. The average molecular weight is 583 g/mol. The monoisotopic (exact) mass is 581 g/mol. The van der Waals surface area contributed by atoms with Gasteiger partial charge in [-0.15, -0.1) is 0 Å². The molecule has 0 bridgehead atoms. The lowest BCUT2D eigenvalue weighted by atomic mass is 10.1. The number of likely N-dealkylation sites (N-methyl/N-ethyl adjacent to an activating group) is 1. The Kier molecular flexibility index (Phi) is 9.84. The lowest BCUT2D eigenvalue weighted by molar-refractivity contribution is -0.139. The summed E-state index contributed by atoms with van der Waals surface area (Å²) in [6.45, 7) is 3.16. The van der Waals surface area contributed by atoms with Gasteiger partial charge in [-0.25, -0.2) is 8.42 Å². The molecule has 0 aliphatic rings. The maximum absolute atomic E-state index is 13.8. The van der Waals surface area contributed by atoms with E-state index in [2.05, 4.69) is 5.32 Å². The molecular weight excluding hydrogens is 557 g/mol. The lowest BCUT2D eigenvalue weighted by Gasteiger charge is -2.32. The molecule has 196 valence electrons. The summed E-state index contributed by atoms with van der Waals surface area (Å²) in [6.07, 6.45) is 0. The SMILES string of the molecule is CCNC(=O)[C@H](C)N(Cc1ccc(Cl)cc1)C(=O)CN(c1cc(Cl)ccc1Cl)S(=O)(=O)c1ccccc1. The first kappa shape index (κ1) is 28.8. The molecule has 2 amide bonds. The molecule has 0 radical (unpaired) electrons. The van der Waals surface area contributed by atoms with Gasteiger partial charge in [0.15, 0.2) is 0 Å². The number of hydrogen-bond acceptors (Lipinski definition) is 4. The molecular formula is C26H26Cl3N3O4S. The molecule has 1 N–H and O–H groups in total. The summed E-state index contributed by atoms with van der Waals surface area (Å²) < 4.78 is 28.3. The van der Waals surface area contributed by atoms with Gasteiger partial charge in [0.05, 0.1) is 15.6 Å². The van der Waals surface area contributed by atoms with Crippen molar-refractivity contribution in [1.29, 1.82) is 0 Å². The minimum atomic E-state index is -4.23. The van der Waals surface area contributed by atoms with Crippen LogP contribution in [-0.2, 0) is 26.2 Å². The van der Waals surface area contributed by atoms with E-state index in [4.69, 9.17) is 34.8 Å². The van der Waals surface area contributed by atoms with Gasteiger partial charge in [0, 0.05) is 23.1 Å². The highest BCUT2D eigenvalue weighted by Gasteiger charge is 2.33. The number of amides is 2. The Morgan fingerprint density at radius 1 is 0.919 bits per heavy atom. The number of anilines is 1. The van der Waals surface area contributed by atoms with E-state index in [1.807, 2.05) is 0 Å². The van der Waals surface area contributed by atoms with Crippen LogP contribution in [0.3, 0.4) is 0 Å². The van der Waals surface area contributed by atoms with Crippen LogP contribution in [0.5, 0.6) is 0 Å². The molecule has 0 fully saturated rings. The molecule has 0 saturated carbocycles. The number of nitrogens with one attached hydrogen (secondary N) is 1. The standard InChI is InChI=1S/C26H26Cl3N3O4S/c1-3-30-26(34)18(2)31(16-19-9-11-20(27)12-10-19)25(33)17-32(24-15-21(28)13-14-23(24)29)37(35,36)22-7-5-4-6-8-22/h4-15,18H,3,16-17H2,1-2H3,(H,30,34)/t18-/m0/s1. The first-order valence-electron chi connectivity index (χ1n) is 11.4. The van der Waals surface area contributed by atoms with Gasteiger partial charge in [0.1, 0.15) is 12.6 Å². The topological polar surface area (TPSA) is 86.8 Å². The molecule has 3 rings (SSSR count). The number of hydrogen-bond donors (Lipinski definition) is 1. The molecule has 0 aliphatic heterocycles. The normalized spacial score (nSPS) is 12.0. The first-order chi connectivity index (χ1) is 17.5. The van der Waals surface area contributed by atoms with Crippen LogP contribution in [0.1, 0.15) is 19.4 Å². The van der Waals surface area contributed by atoms with Crippen molar-refractivity contribution in [1.82, 2.24) is 10.2 Å². The van der Waals surface area contributed by atoms with Crippen LogP contribution >= 0.6 is 34.8 Å². The molecule has 3 aromatic rings. The maximum Gasteiger partial charge on any atom is 0.264 e. The highest BCUT2D eigenvalue weighted by atomic mass is 35.5. The Morgan fingerprint density at radius 2 is 1.54 bits per heavy atom. The number of benzene rings is 3. The Hall–Kier alpha value is -2.78. The van der Waals surface area contributed by atoms with E-state index in [1.165, 1.54) is 35.2 Å². The summed E-state index contributed by atoms with van der Waals surface area (Å²) in [7, 11) is -4.23. The summed E-state index contributed by atoms with van der Waals surface area (Å²) in [4.78, 5) is 27.8. The number of carbonyl (C=O) groups excluding carboxylic acids is 2. The highest BCUT2D eigenvalue weighted by Crippen LogP contribution is 2.33. The molecule has 1 atom stereocenters. The van der Waals surface area contributed by atoms with Crippen LogP contribution in [0.2, 0.25) is 15.1 Å². The summed E-state index contributed by atoms with van der Waals surface area (Å²) in [5, 5.41) is 3.57. The molecule has 0 unspecified atom stereocenters. The second-order valence-electron chi connectivity index (χ2n) is 8.14. The van der Waals surface area contributed by atoms with E-state index < -0.39 is 28.5 Å². The molecule has 0 saturated heterocycles. The molecule has 0 aromatic heterocycles. The van der Waals surface area contributed by atoms with E-state index in [1.54, 1.807) is 56.3 Å². The van der Waals surface area contributed by atoms with Crippen LogP contribution in [0.15, 0.2) is 77.7 Å². The van der Waals surface area contributed by atoms with Gasteiger partial charge in [-0.05, 0) is 61.9 Å². The van der Waals surface area contributed by atoms with Crippen molar-refractivity contribution in [3.05, 3.63) is 93.4 Å². The molecule has 11 heteroatoms. The fourth-order valence-electron chi connectivity index (χ4n) is 3.60. The van der Waals surface area contributed by atoms with Crippen LogP contribution in [-0.4, -0.2) is 44.3 Å². The number of nitrogens with zero attached hydrogens (tertiary/aromatic N) is 2. The quantitative estimate of drug-likeness (QED) is 0.347. The second-order valence-corrected chi connectivity index (χ2v) is 11.3. The van der Waals surface area contributed by atoms with Crippen molar-refractivity contribution in [3.63, 3.8) is 0 Å². The van der Waals surface area contributed by atoms with Crippen LogP contribution in [0, 0.1) is 0 Å². The van der Waals surface area contributed by atoms with E-state index in [9.17, 15) is 18.0 Å². The molecule has 3 aromatic carbocycles. The van der Waals surface area contributed by atoms with E-state index in [0.717, 1.165) is 4.31 Å². The predicted octanol–water partition coefficient (Wildman–Crippen LogP) is 5.40. The van der Waals surface area contributed by atoms with Gasteiger partial charge in [-0.3, -0.25) is 13.9 Å². The average Bonchev–Trinajstić information content (AvgIpc) is 2.88. The van der Waals surface area contributed by atoms with Crippen molar-refractivity contribution in [2.24, 2.45) is 0 Å². The first-order valence-corrected chi connectivity index (χ1v) is 14.0. The van der Waals surface area contributed by atoms with E-state index in [0.29, 0.717) is 17.1 Å². The zero-order valence-electron chi connectivity index (χ0n) is 20.2. The summed E-state index contributed by atoms with van der Waals surface area (Å²) in [5.41, 5.74) is 0.760. The third-order valence-corrected chi connectivity index (χ3v) is 8.15. The van der Waals surface area contributed by atoms with Gasteiger partial charge in [-0.2, -0.15) is 0 Å². The van der Waals surface area contributed by atoms with Gasteiger partial charge in [0.25, 0.3) is 10.0 Å². The zero-order chi connectivity index (χ0) is 27.2. The van der Waals surface area contributed by atoms with Crippen molar-refractivity contribution in [3.8, 4) is 0 Å². The number of carbonyl (C=O) groups is 2. The zero-order valence-corrected chi connectivity index (χ0v) is 23.3. The van der Waals surface area contributed by atoms with Gasteiger partial charge in [-0.1, -0.05) is 65.1 Å². The molecule has 0 aliphatic carbocycles. The largest absolute Gasteiger partial charge is 0.355 e. The van der Waals surface area contributed by atoms with Gasteiger partial charge in [0.2, 0.25) is 11.8 Å². The number of sulfonamides is 1. The van der Waals surface area contributed by atoms with Crippen LogP contribution in [0.25, 0.3) is 0 Å². The van der Waals surface area contributed by atoms with Crippen molar-refractivity contribution in [2.75, 3.05) is 17.4 Å². The molecule has 7 nitrogen and oxygen atoms in total. The fraction of sp³-hybridized carbons (Fsp3) is 0.231. The Labute approximate surface area is 232 Å². The highest BCUT2D eigenvalue weighted by molar-refractivity contribution is 7.92.